The van der Waals surface area contributed by atoms with E-state index in [1.807, 2.05) is 27.7 Å². The molecule has 0 aliphatic carbocycles. The van der Waals surface area contributed by atoms with E-state index in [2.05, 4.69) is 5.43 Å². The Morgan fingerprint density at radius 1 is 0.875 bits per heavy atom. The maximum absolute atomic E-state index is 13.5. The standard InChI is InChI=1S/C24H30N2O6/c1-14-18(10-9-11-19(14)32-16(3)27)23(29)26(25-24(4,5)6)22(28)17-12-20(30-7)15(2)21(13-17)31-8/h9-13,25H,1-8H3. The number of carbonyl (C=O) groups excluding carboxylic acids is 3. The van der Waals surface area contributed by atoms with Gasteiger partial charge in [0.1, 0.15) is 17.2 Å². The molecule has 0 aromatic heterocycles. The predicted molar refractivity (Wildman–Crippen MR) is 120 cm³/mol. The van der Waals surface area contributed by atoms with E-state index >= 15 is 0 Å². The van der Waals surface area contributed by atoms with Crippen LogP contribution in [0.2, 0.25) is 0 Å². The molecule has 0 radical (unpaired) electrons. The van der Waals surface area contributed by atoms with E-state index in [1.54, 1.807) is 37.3 Å². The highest BCUT2D eigenvalue weighted by atomic mass is 16.5. The molecule has 2 amide bonds. The minimum absolute atomic E-state index is 0.211. The minimum atomic E-state index is -0.606. The number of imide groups is 1. The van der Waals surface area contributed by atoms with Gasteiger partial charge in [0.2, 0.25) is 0 Å². The third-order valence-electron chi connectivity index (χ3n) is 4.62. The first-order valence-corrected chi connectivity index (χ1v) is 10.1. The van der Waals surface area contributed by atoms with Crippen molar-refractivity contribution >= 4 is 17.8 Å². The van der Waals surface area contributed by atoms with E-state index in [0.717, 1.165) is 10.6 Å². The highest BCUT2D eigenvalue weighted by molar-refractivity contribution is 6.11. The molecule has 32 heavy (non-hydrogen) atoms. The molecule has 172 valence electrons. The topological polar surface area (TPSA) is 94.2 Å². The first-order chi connectivity index (χ1) is 14.9. The van der Waals surface area contributed by atoms with Crippen LogP contribution in [0.25, 0.3) is 0 Å². The minimum Gasteiger partial charge on any atom is -0.496 e. The van der Waals surface area contributed by atoms with Crippen molar-refractivity contribution < 1.29 is 28.6 Å². The average Bonchev–Trinajstić information content (AvgIpc) is 2.71. The van der Waals surface area contributed by atoms with Crippen LogP contribution in [0.4, 0.5) is 0 Å². The molecule has 2 rings (SSSR count). The molecule has 0 saturated carbocycles. The molecule has 0 saturated heterocycles. The van der Waals surface area contributed by atoms with Crippen LogP contribution < -0.4 is 19.6 Å². The molecule has 0 bridgehead atoms. The second kappa shape index (κ2) is 9.82. The number of methoxy groups -OCH3 is 2. The first-order valence-electron chi connectivity index (χ1n) is 10.1. The maximum Gasteiger partial charge on any atom is 0.308 e. The van der Waals surface area contributed by atoms with Gasteiger partial charge in [-0.3, -0.25) is 14.4 Å². The van der Waals surface area contributed by atoms with Crippen LogP contribution in [0.3, 0.4) is 0 Å². The van der Waals surface area contributed by atoms with E-state index in [-0.39, 0.29) is 16.9 Å². The number of hydrogen-bond donors (Lipinski definition) is 1. The monoisotopic (exact) mass is 442 g/mol. The lowest BCUT2D eigenvalue weighted by Gasteiger charge is -2.31. The summed E-state index contributed by atoms with van der Waals surface area (Å²) < 4.78 is 15.9. The van der Waals surface area contributed by atoms with Gasteiger partial charge in [0.15, 0.2) is 0 Å². The molecule has 0 unspecified atom stereocenters. The molecule has 8 nitrogen and oxygen atoms in total. The summed E-state index contributed by atoms with van der Waals surface area (Å²) >= 11 is 0. The van der Waals surface area contributed by atoms with Gasteiger partial charge in [0.25, 0.3) is 11.8 Å². The molecule has 0 aliphatic rings. The second-order valence-corrected chi connectivity index (χ2v) is 8.34. The van der Waals surface area contributed by atoms with Crippen LogP contribution in [-0.4, -0.2) is 42.6 Å². The molecule has 0 aliphatic heterocycles. The summed E-state index contributed by atoms with van der Waals surface area (Å²) in [6.45, 7) is 10.2. The Kier molecular flexibility index (Phi) is 7.64. The number of hydrogen-bond acceptors (Lipinski definition) is 7. The molecular weight excluding hydrogens is 412 g/mol. The fourth-order valence-electron chi connectivity index (χ4n) is 3.10. The highest BCUT2D eigenvalue weighted by Gasteiger charge is 2.30. The quantitative estimate of drug-likeness (QED) is 0.314. The van der Waals surface area contributed by atoms with Gasteiger partial charge in [0.05, 0.1) is 14.2 Å². The number of hydrazine groups is 1. The fourth-order valence-corrected chi connectivity index (χ4v) is 3.10. The molecule has 0 spiro atoms. The van der Waals surface area contributed by atoms with Gasteiger partial charge >= 0.3 is 5.97 Å². The van der Waals surface area contributed by atoms with Crippen LogP contribution >= 0.6 is 0 Å². The van der Waals surface area contributed by atoms with Crippen molar-refractivity contribution in [2.24, 2.45) is 0 Å². The van der Waals surface area contributed by atoms with Crippen molar-refractivity contribution in [3.63, 3.8) is 0 Å². The molecular formula is C24H30N2O6. The Morgan fingerprint density at radius 3 is 1.91 bits per heavy atom. The van der Waals surface area contributed by atoms with Crippen molar-refractivity contribution in [1.82, 2.24) is 10.4 Å². The Hall–Kier alpha value is -3.39. The zero-order valence-electron chi connectivity index (χ0n) is 19.8. The lowest BCUT2D eigenvalue weighted by molar-refractivity contribution is -0.131. The third kappa shape index (κ3) is 5.64. The van der Waals surface area contributed by atoms with Gasteiger partial charge in [-0.25, -0.2) is 10.4 Å². The van der Waals surface area contributed by atoms with Crippen molar-refractivity contribution in [3.05, 3.63) is 52.6 Å². The van der Waals surface area contributed by atoms with Crippen LogP contribution in [0.5, 0.6) is 17.2 Å². The summed E-state index contributed by atoms with van der Waals surface area (Å²) in [6, 6.07) is 7.88. The number of ether oxygens (including phenoxy) is 3. The Morgan fingerprint density at radius 2 is 1.44 bits per heavy atom. The molecule has 2 aromatic carbocycles. The molecule has 0 fully saturated rings. The van der Waals surface area contributed by atoms with Crippen molar-refractivity contribution in [3.8, 4) is 17.2 Å². The number of esters is 1. The number of rotatable bonds is 6. The lowest BCUT2D eigenvalue weighted by atomic mass is 10.0. The third-order valence-corrected chi connectivity index (χ3v) is 4.62. The van der Waals surface area contributed by atoms with Crippen molar-refractivity contribution in [2.45, 2.75) is 47.1 Å². The Bertz CT molecular complexity index is 1010. The SMILES string of the molecule is COc1cc(C(=O)N(NC(C)(C)C)C(=O)c2cccc(OC(C)=O)c2C)cc(OC)c1C. The number of benzene rings is 2. The maximum atomic E-state index is 13.5. The van der Waals surface area contributed by atoms with Crippen LogP contribution in [-0.2, 0) is 4.79 Å². The molecule has 2 aromatic rings. The summed E-state index contributed by atoms with van der Waals surface area (Å²) in [7, 11) is 2.99. The zero-order valence-corrected chi connectivity index (χ0v) is 19.8. The van der Waals surface area contributed by atoms with Gasteiger partial charge in [-0.05, 0) is 58.9 Å². The normalized spacial score (nSPS) is 11.0. The van der Waals surface area contributed by atoms with E-state index in [4.69, 9.17) is 14.2 Å². The molecule has 0 heterocycles. The summed E-state index contributed by atoms with van der Waals surface area (Å²) in [4.78, 5) is 38.4. The number of amides is 2. The summed E-state index contributed by atoms with van der Waals surface area (Å²) in [6.07, 6.45) is 0. The molecule has 1 N–H and O–H groups in total. The van der Waals surface area contributed by atoms with E-state index in [0.29, 0.717) is 17.1 Å². The van der Waals surface area contributed by atoms with Gasteiger partial charge in [-0.1, -0.05) is 6.07 Å². The highest BCUT2D eigenvalue weighted by Crippen LogP contribution is 2.30. The summed E-state index contributed by atoms with van der Waals surface area (Å²) in [5.74, 6) is -0.496. The summed E-state index contributed by atoms with van der Waals surface area (Å²) in [5, 5.41) is 0.962. The smallest absolute Gasteiger partial charge is 0.308 e. The lowest BCUT2D eigenvalue weighted by Crippen LogP contribution is -2.55. The average molecular weight is 443 g/mol. The largest absolute Gasteiger partial charge is 0.496 e. The van der Waals surface area contributed by atoms with E-state index in [9.17, 15) is 14.4 Å². The number of nitrogens with zero attached hydrogens (tertiary/aromatic N) is 1. The second-order valence-electron chi connectivity index (χ2n) is 8.34. The van der Waals surface area contributed by atoms with Gasteiger partial charge < -0.3 is 14.2 Å². The van der Waals surface area contributed by atoms with Crippen LogP contribution in [0, 0.1) is 13.8 Å². The number of carbonyl (C=O) groups is 3. The van der Waals surface area contributed by atoms with Crippen molar-refractivity contribution in [2.75, 3.05) is 14.2 Å². The Balaban J connectivity index is 2.58. The van der Waals surface area contributed by atoms with Crippen LogP contribution in [0.1, 0.15) is 59.5 Å². The van der Waals surface area contributed by atoms with Crippen molar-refractivity contribution in [1.29, 1.82) is 0 Å². The first kappa shape index (κ1) is 24.9. The molecule has 0 atom stereocenters. The molecule has 8 heteroatoms. The predicted octanol–water partition coefficient (Wildman–Crippen LogP) is 3.83. The Labute approximate surface area is 188 Å². The van der Waals surface area contributed by atoms with E-state index < -0.39 is 23.3 Å². The number of nitrogens with one attached hydrogen (secondary N) is 1. The summed E-state index contributed by atoms with van der Waals surface area (Å²) in [5.41, 5.74) is 3.98. The van der Waals surface area contributed by atoms with Gasteiger partial charge in [0, 0.05) is 34.7 Å². The zero-order chi connectivity index (χ0) is 24.2. The van der Waals surface area contributed by atoms with Gasteiger partial charge in [-0.15, -0.1) is 0 Å². The van der Waals surface area contributed by atoms with Gasteiger partial charge in [-0.2, -0.15) is 0 Å². The fraction of sp³-hybridized carbons (Fsp3) is 0.375. The van der Waals surface area contributed by atoms with Crippen LogP contribution in [0.15, 0.2) is 30.3 Å². The van der Waals surface area contributed by atoms with E-state index in [1.165, 1.54) is 21.1 Å².